The van der Waals surface area contributed by atoms with Crippen molar-refractivity contribution in [1.29, 1.82) is 0 Å². The third-order valence-corrected chi connectivity index (χ3v) is 3.77. The lowest BCUT2D eigenvalue weighted by Crippen LogP contribution is -2.07. The SMILES string of the molecule is CCOC(=O)c1cc(-c2ccc(NC(C)=O)cc2)n(-c2ccc(F)cc2)n1. The number of anilines is 1. The molecule has 138 valence electrons. The lowest BCUT2D eigenvalue weighted by molar-refractivity contribution is -0.114. The number of carbonyl (C=O) groups excluding carboxylic acids is 2. The van der Waals surface area contributed by atoms with Crippen LogP contribution in [0.1, 0.15) is 24.3 Å². The summed E-state index contributed by atoms with van der Waals surface area (Å²) in [5.41, 5.74) is 2.83. The molecule has 1 N–H and O–H groups in total. The minimum Gasteiger partial charge on any atom is -0.461 e. The van der Waals surface area contributed by atoms with Gasteiger partial charge in [-0.25, -0.2) is 13.9 Å². The van der Waals surface area contributed by atoms with E-state index in [1.165, 1.54) is 19.1 Å². The van der Waals surface area contributed by atoms with Crippen LogP contribution in [-0.2, 0) is 9.53 Å². The predicted molar refractivity (Wildman–Crippen MR) is 99.2 cm³/mol. The Morgan fingerprint density at radius 3 is 2.37 bits per heavy atom. The van der Waals surface area contributed by atoms with Gasteiger partial charge in [-0.05, 0) is 49.4 Å². The molecular formula is C20H18FN3O3. The zero-order valence-corrected chi connectivity index (χ0v) is 14.9. The number of aromatic nitrogens is 2. The molecule has 1 heterocycles. The summed E-state index contributed by atoms with van der Waals surface area (Å²) in [5.74, 6) is -1.06. The number of hydrogen-bond acceptors (Lipinski definition) is 4. The molecule has 3 aromatic rings. The summed E-state index contributed by atoms with van der Waals surface area (Å²) in [7, 11) is 0. The quantitative estimate of drug-likeness (QED) is 0.696. The van der Waals surface area contributed by atoms with Crippen LogP contribution in [0.4, 0.5) is 10.1 Å². The van der Waals surface area contributed by atoms with E-state index < -0.39 is 5.97 Å². The molecule has 3 rings (SSSR count). The zero-order chi connectivity index (χ0) is 19.4. The Bertz CT molecular complexity index is 963. The van der Waals surface area contributed by atoms with E-state index in [2.05, 4.69) is 10.4 Å². The highest BCUT2D eigenvalue weighted by Crippen LogP contribution is 2.26. The number of carbonyl (C=O) groups is 2. The molecule has 27 heavy (non-hydrogen) atoms. The fourth-order valence-corrected chi connectivity index (χ4v) is 2.60. The van der Waals surface area contributed by atoms with E-state index in [9.17, 15) is 14.0 Å². The monoisotopic (exact) mass is 367 g/mol. The highest BCUT2D eigenvalue weighted by Gasteiger charge is 2.17. The summed E-state index contributed by atoms with van der Waals surface area (Å²) >= 11 is 0. The highest BCUT2D eigenvalue weighted by atomic mass is 19.1. The Morgan fingerprint density at radius 1 is 1.11 bits per heavy atom. The number of esters is 1. The molecule has 0 saturated heterocycles. The van der Waals surface area contributed by atoms with Gasteiger partial charge in [0.05, 0.1) is 18.0 Å². The van der Waals surface area contributed by atoms with Crippen molar-refractivity contribution >= 4 is 17.6 Å². The molecular weight excluding hydrogens is 349 g/mol. The number of nitrogens with zero attached hydrogens (tertiary/aromatic N) is 2. The van der Waals surface area contributed by atoms with Gasteiger partial charge in [0.25, 0.3) is 0 Å². The smallest absolute Gasteiger partial charge is 0.358 e. The molecule has 0 spiro atoms. The fourth-order valence-electron chi connectivity index (χ4n) is 2.60. The Kier molecular flexibility index (Phi) is 5.30. The van der Waals surface area contributed by atoms with Gasteiger partial charge in [-0.15, -0.1) is 0 Å². The molecule has 0 aliphatic rings. The van der Waals surface area contributed by atoms with Crippen molar-refractivity contribution in [2.24, 2.45) is 0 Å². The number of ether oxygens (including phenoxy) is 1. The Balaban J connectivity index is 2.05. The first-order valence-corrected chi connectivity index (χ1v) is 8.39. The van der Waals surface area contributed by atoms with Crippen molar-refractivity contribution in [3.05, 3.63) is 66.1 Å². The fraction of sp³-hybridized carbons (Fsp3) is 0.150. The van der Waals surface area contributed by atoms with Crippen molar-refractivity contribution in [3.63, 3.8) is 0 Å². The standard InChI is InChI=1S/C20H18FN3O3/c1-3-27-20(26)18-12-19(14-4-8-16(9-5-14)22-13(2)25)24(23-18)17-10-6-15(21)7-11-17/h4-12H,3H2,1-2H3,(H,22,25). The lowest BCUT2D eigenvalue weighted by atomic mass is 10.1. The van der Waals surface area contributed by atoms with Crippen molar-refractivity contribution < 1.29 is 18.7 Å². The summed E-state index contributed by atoms with van der Waals surface area (Å²) in [6.07, 6.45) is 0. The van der Waals surface area contributed by atoms with E-state index in [0.29, 0.717) is 17.1 Å². The maximum Gasteiger partial charge on any atom is 0.358 e. The van der Waals surface area contributed by atoms with E-state index in [1.54, 1.807) is 54.1 Å². The molecule has 0 radical (unpaired) electrons. The molecule has 0 aliphatic carbocycles. The summed E-state index contributed by atoms with van der Waals surface area (Å²) in [4.78, 5) is 23.3. The van der Waals surface area contributed by atoms with Crippen LogP contribution in [0.3, 0.4) is 0 Å². The maximum absolute atomic E-state index is 13.3. The van der Waals surface area contributed by atoms with Crippen LogP contribution in [0.15, 0.2) is 54.6 Å². The second kappa shape index (κ2) is 7.82. The Morgan fingerprint density at radius 2 is 1.78 bits per heavy atom. The molecule has 6 nitrogen and oxygen atoms in total. The second-order valence-electron chi connectivity index (χ2n) is 5.78. The Labute approximate surface area is 155 Å². The number of hydrogen-bond donors (Lipinski definition) is 1. The van der Waals surface area contributed by atoms with Crippen LogP contribution in [0.5, 0.6) is 0 Å². The first-order valence-electron chi connectivity index (χ1n) is 8.39. The normalized spacial score (nSPS) is 10.5. The molecule has 0 fully saturated rings. The molecule has 0 aliphatic heterocycles. The van der Waals surface area contributed by atoms with Crippen molar-refractivity contribution in [3.8, 4) is 16.9 Å². The molecule has 0 unspecified atom stereocenters. The van der Waals surface area contributed by atoms with Gasteiger partial charge in [0, 0.05) is 18.2 Å². The molecule has 0 bridgehead atoms. The van der Waals surface area contributed by atoms with Crippen LogP contribution in [0, 0.1) is 5.82 Å². The minimum absolute atomic E-state index is 0.155. The molecule has 7 heteroatoms. The second-order valence-corrected chi connectivity index (χ2v) is 5.78. The van der Waals surface area contributed by atoms with Crippen molar-refractivity contribution in [1.82, 2.24) is 9.78 Å². The van der Waals surface area contributed by atoms with Crippen LogP contribution in [-0.4, -0.2) is 28.3 Å². The van der Waals surface area contributed by atoms with Gasteiger partial charge in [-0.1, -0.05) is 12.1 Å². The predicted octanol–water partition coefficient (Wildman–Crippen LogP) is 3.81. The zero-order valence-electron chi connectivity index (χ0n) is 14.9. The summed E-state index contributed by atoms with van der Waals surface area (Å²) < 4.78 is 19.9. The van der Waals surface area contributed by atoms with E-state index >= 15 is 0 Å². The number of benzene rings is 2. The van der Waals surface area contributed by atoms with Crippen LogP contribution in [0.25, 0.3) is 16.9 Å². The van der Waals surface area contributed by atoms with Crippen molar-refractivity contribution in [2.45, 2.75) is 13.8 Å². The maximum atomic E-state index is 13.3. The van der Waals surface area contributed by atoms with E-state index in [0.717, 1.165) is 5.56 Å². The molecule has 1 aromatic heterocycles. The van der Waals surface area contributed by atoms with Gasteiger partial charge in [0.1, 0.15) is 5.82 Å². The van der Waals surface area contributed by atoms with E-state index in [4.69, 9.17) is 4.74 Å². The van der Waals surface area contributed by atoms with E-state index in [1.807, 2.05) is 0 Å². The number of amides is 1. The first-order chi connectivity index (χ1) is 13.0. The molecule has 0 atom stereocenters. The topological polar surface area (TPSA) is 73.2 Å². The minimum atomic E-state index is -0.533. The number of rotatable bonds is 5. The summed E-state index contributed by atoms with van der Waals surface area (Å²) in [5, 5.41) is 7.02. The van der Waals surface area contributed by atoms with Crippen LogP contribution >= 0.6 is 0 Å². The van der Waals surface area contributed by atoms with E-state index in [-0.39, 0.29) is 24.0 Å². The molecule has 1 amide bonds. The number of nitrogens with one attached hydrogen (secondary N) is 1. The van der Waals surface area contributed by atoms with Gasteiger partial charge in [0.15, 0.2) is 5.69 Å². The van der Waals surface area contributed by atoms with Gasteiger partial charge in [-0.3, -0.25) is 4.79 Å². The van der Waals surface area contributed by atoms with Crippen LogP contribution in [0.2, 0.25) is 0 Å². The highest BCUT2D eigenvalue weighted by molar-refractivity contribution is 5.90. The molecule has 0 saturated carbocycles. The largest absolute Gasteiger partial charge is 0.461 e. The van der Waals surface area contributed by atoms with Gasteiger partial charge < -0.3 is 10.1 Å². The lowest BCUT2D eigenvalue weighted by Gasteiger charge is -2.08. The van der Waals surface area contributed by atoms with Gasteiger partial charge in [0.2, 0.25) is 5.91 Å². The van der Waals surface area contributed by atoms with Gasteiger partial charge in [-0.2, -0.15) is 5.10 Å². The number of halogens is 1. The first kappa shape index (κ1) is 18.3. The average molecular weight is 367 g/mol. The summed E-state index contributed by atoms with van der Waals surface area (Å²) in [6, 6.07) is 14.5. The van der Waals surface area contributed by atoms with Gasteiger partial charge >= 0.3 is 5.97 Å². The van der Waals surface area contributed by atoms with Crippen molar-refractivity contribution in [2.75, 3.05) is 11.9 Å². The molecule has 2 aromatic carbocycles. The third kappa shape index (κ3) is 4.20. The third-order valence-electron chi connectivity index (χ3n) is 3.77. The average Bonchev–Trinajstić information content (AvgIpc) is 3.08. The summed E-state index contributed by atoms with van der Waals surface area (Å²) in [6.45, 7) is 3.39. The Hall–Kier alpha value is -3.48. The van der Waals surface area contributed by atoms with Crippen LogP contribution < -0.4 is 5.32 Å².